The van der Waals surface area contributed by atoms with Gasteiger partial charge in [0.05, 0.1) is 11.3 Å². The Kier molecular flexibility index (Phi) is 4.13. The zero-order valence-electron chi connectivity index (χ0n) is 12.4. The molecule has 10 heteroatoms. The molecule has 3 rings (SSSR count). The second-order valence-electron chi connectivity index (χ2n) is 4.81. The van der Waals surface area contributed by atoms with E-state index in [1.807, 2.05) is 0 Å². The number of nitrogens with one attached hydrogen (secondary N) is 1. The van der Waals surface area contributed by atoms with E-state index >= 15 is 0 Å². The van der Waals surface area contributed by atoms with Crippen LogP contribution in [0.4, 0.5) is 5.69 Å². The van der Waals surface area contributed by atoms with E-state index in [1.165, 1.54) is 17.1 Å². The average molecular weight is 391 g/mol. The van der Waals surface area contributed by atoms with Gasteiger partial charge >= 0.3 is 0 Å². The maximum absolute atomic E-state index is 12.3. The molecule has 9 nitrogen and oxygen atoms in total. The van der Waals surface area contributed by atoms with Gasteiger partial charge in [0.15, 0.2) is 11.4 Å². The smallest absolute Gasteiger partial charge is 0.277 e. The largest absolute Gasteiger partial charge is 0.444 e. The van der Waals surface area contributed by atoms with Crippen molar-refractivity contribution in [3.05, 3.63) is 46.8 Å². The number of nitrogens with two attached hydrogens (primary N) is 1. The lowest BCUT2D eigenvalue weighted by Crippen LogP contribution is -2.18. The van der Waals surface area contributed by atoms with Crippen LogP contribution >= 0.6 is 15.9 Å². The molecule has 0 spiro atoms. The summed E-state index contributed by atoms with van der Waals surface area (Å²) in [7, 11) is 1.61. The van der Waals surface area contributed by atoms with E-state index in [-0.39, 0.29) is 23.0 Å². The van der Waals surface area contributed by atoms with Gasteiger partial charge in [0.1, 0.15) is 6.26 Å². The fourth-order valence-corrected chi connectivity index (χ4v) is 2.35. The van der Waals surface area contributed by atoms with E-state index in [2.05, 4.69) is 36.3 Å². The summed E-state index contributed by atoms with van der Waals surface area (Å²) in [6.45, 7) is 0. The minimum atomic E-state index is -0.744. The summed E-state index contributed by atoms with van der Waals surface area (Å²) in [6.07, 6.45) is 5.86. The Morgan fingerprint density at radius 3 is 2.88 bits per heavy atom. The van der Waals surface area contributed by atoms with Crippen LogP contribution in [-0.4, -0.2) is 31.6 Å². The molecule has 0 aliphatic heterocycles. The lowest BCUT2D eigenvalue weighted by molar-refractivity contribution is 0.0995. The number of primary amides is 1. The molecule has 0 fully saturated rings. The first-order valence-electron chi connectivity index (χ1n) is 6.65. The van der Waals surface area contributed by atoms with Gasteiger partial charge < -0.3 is 15.5 Å². The van der Waals surface area contributed by atoms with Crippen molar-refractivity contribution in [2.75, 3.05) is 5.32 Å². The normalized spacial score (nSPS) is 10.6. The summed E-state index contributed by atoms with van der Waals surface area (Å²) in [5.74, 6) is -1.05. The number of halogens is 1. The number of aryl methyl sites for hydroxylation is 1. The first-order valence-corrected chi connectivity index (χ1v) is 7.44. The van der Waals surface area contributed by atoms with Crippen molar-refractivity contribution in [1.82, 2.24) is 19.7 Å². The van der Waals surface area contributed by atoms with Gasteiger partial charge in [0.25, 0.3) is 11.8 Å². The topological polar surface area (TPSA) is 129 Å². The molecule has 122 valence electrons. The highest BCUT2D eigenvalue weighted by Crippen LogP contribution is 2.22. The number of amides is 2. The summed E-state index contributed by atoms with van der Waals surface area (Å²) < 4.78 is 7.43. The first kappa shape index (κ1) is 15.9. The molecule has 0 radical (unpaired) electrons. The van der Waals surface area contributed by atoms with Gasteiger partial charge in [-0.2, -0.15) is 5.10 Å². The number of oxazole rings is 1. The molecule has 3 aromatic heterocycles. The number of pyridine rings is 1. The highest BCUT2D eigenvalue weighted by molar-refractivity contribution is 9.10. The quantitative estimate of drug-likeness (QED) is 0.695. The molecule has 24 heavy (non-hydrogen) atoms. The molecule has 2 amide bonds. The fourth-order valence-electron chi connectivity index (χ4n) is 1.99. The van der Waals surface area contributed by atoms with Crippen molar-refractivity contribution in [2.24, 2.45) is 12.8 Å². The number of hydrogen-bond donors (Lipinski definition) is 2. The van der Waals surface area contributed by atoms with E-state index in [4.69, 9.17) is 10.2 Å². The van der Waals surface area contributed by atoms with Crippen molar-refractivity contribution in [3.8, 4) is 11.5 Å². The number of nitrogens with zero attached hydrogens (tertiary/aromatic N) is 4. The monoisotopic (exact) mass is 390 g/mol. The molecule has 0 atom stereocenters. The van der Waals surface area contributed by atoms with Crippen LogP contribution in [0.2, 0.25) is 0 Å². The molecular formula is C14H11BrN6O3. The van der Waals surface area contributed by atoms with E-state index in [0.29, 0.717) is 5.56 Å². The maximum atomic E-state index is 12.3. The SMILES string of the molecule is Cn1cc(NC(=O)c2coc(-c3cncc(Br)c3)n2)c(C(N)=O)n1. The molecule has 3 heterocycles. The Morgan fingerprint density at radius 2 is 2.17 bits per heavy atom. The third kappa shape index (κ3) is 3.18. The molecule has 3 aromatic rings. The minimum Gasteiger partial charge on any atom is -0.444 e. The first-order chi connectivity index (χ1) is 11.4. The van der Waals surface area contributed by atoms with Crippen molar-refractivity contribution >= 4 is 33.4 Å². The van der Waals surface area contributed by atoms with E-state index in [1.54, 1.807) is 25.5 Å². The van der Waals surface area contributed by atoms with Crippen LogP contribution in [0.1, 0.15) is 21.0 Å². The van der Waals surface area contributed by atoms with E-state index < -0.39 is 11.8 Å². The van der Waals surface area contributed by atoms with Crippen LogP contribution in [0.5, 0.6) is 0 Å². The Morgan fingerprint density at radius 1 is 1.38 bits per heavy atom. The van der Waals surface area contributed by atoms with Gasteiger partial charge in [-0.05, 0) is 22.0 Å². The minimum absolute atomic E-state index is 0.0363. The van der Waals surface area contributed by atoms with Crippen LogP contribution in [0, 0.1) is 0 Å². The third-order valence-electron chi connectivity index (χ3n) is 3.00. The van der Waals surface area contributed by atoms with Gasteiger partial charge in [0.2, 0.25) is 5.89 Å². The molecule has 0 unspecified atom stereocenters. The zero-order chi connectivity index (χ0) is 17.3. The highest BCUT2D eigenvalue weighted by Gasteiger charge is 2.19. The van der Waals surface area contributed by atoms with Crippen molar-refractivity contribution < 1.29 is 14.0 Å². The second kappa shape index (κ2) is 6.24. The average Bonchev–Trinajstić information content (AvgIpc) is 3.14. The van der Waals surface area contributed by atoms with Crippen LogP contribution in [-0.2, 0) is 7.05 Å². The number of carbonyl (C=O) groups excluding carboxylic acids is 2. The van der Waals surface area contributed by atoms with Gasteiger partial charge in [-0.15, -0.1) is 0 Å². The zero-order valence-corrected chi connectivity index (χ0v) is 13.9. The molecule has 0 aliphatic carbocycles. The number of hydrogen-bond acceptors (Lipinski definition) is 6. The van der Waals surface area contributed by atoms with E-state index in [9.17, 15) is 9.59 Å². The third-order valence-corrected chi connectivity index (χ3v) is 3.43. The number of aromatic nitrogens is 4. The molecule has 0 saturated carbocycles. The van der Waals surface area contributed by atoms with Gasteiger partial charge in [-0.1, -0.05) is 0 Å². The summed E-state index contributed by atoms with van der Waals surface area (Å²) in [5.41, 5.74) is 6.05. The number of carbonyl (C=O) groups is 2. The molecule has 0 saturated heterocycles. The molecule has 0 aromatic carbocycles. The highest BCUT2D eigenvalue weighted by atomic mass is 79.9. The van der Waals surface area contributed by atoms with Crippen LogP contribution in [0.15, 0.2) is 39.8 Å². The summed E-state index contributed by atoms with van der Waals surface area (Å²) in [4.78, 5) is 31.7. The Bertz CT molecular complexity index is 932. The Labute approximate surface area is 144 Å². The van der Waals surface area contributed by atoms with Crippen LogP contribution in [0.25, 0.3) is 11.5 Å². The predicted octanol–water partition coefficient (Wildman–Crippen LogP) is 1.58. The number of rotatable bonds is 4. The molecule has 3 N–H and O–H groups in total. The standard InChI is InChI=1S/C14H11BrN6O3/c1-21-5-9(11(20-21)12(16)22)18-13(23)10-6-24-14(19-10)7-2-8(15)4-17-3-7/h2-6H,1H3,(H2,16,22)(H,18,23). The lowest BCUT2D eigenvalue weighted by atomic mass is 10.3. The Balaban J connectivity index is 1.83. The molecule has 0 aliphatic rings. The predicted molar refractivity (Wildman–Crippen MR) is 87.1 cm³/mol. The molecule has 0 bridgehead atoms. The summed E-state index contributed by atoms with van der Waals surface area (Å²) in [5, 5.41) is 6.42. The Hall–Kier alpha value is -3.01. The van der Waals surface area contributed by atoms with Crippen molar-refractivity contribution in [1.29, 1.82) is 0 Å². The van der Waals surface area contributed by atoms with Gasteiger partial charge in [-0.3, -0.25) is 19.3 Å². The summed E-state index contributed by atoms with van der Waals surface area (Å²) >= 11 is 3.30. The fraction of sp³-hybridized carbons (Fsp3) is 0.0714. The van der Waals surface area contributed by atoms with Gasteiger partial charge in [-0.25, -0.2) is 4.98 Å². The lowest BCUT2D eigenvalue weighted by Gasteiger charge is -2.00. The van der Waals surface area contributed by atoms with Crippen LogP contribution in [0.3, 0.4) is 0 Å². The molecular weight excluding hydrogens is 380 g/mol. The van der Waals surface area contributed by atoms with Crippen molar-refractivity contribution in [3.63, 3.8) is 0 Å². The van der Waals surface area contributed by atoms with E-state index in [0.717, 1.165) is 4.47 Å². The second-order valence-corrected chi connectivity index (χ2v) is 5.73. The van der Waals surface area contributed by atoms with Crippen molar-refractivity contribution in [2.45, 2.75) is 0 Å². The van der Waals surface area contributed by atoms with Crippen LogP contribution < -0.4 is 11.1 Å². The summed E-state index contributed by atoms with van der Waals surface area (Å²) in [6, 6.07) is 1.76. The van der Waals surface area contributed by atoms with Gasteiger partial charge in [0, 0.05) is 30.1 Å². The number of anilines is 1. The maximum Gasteiger partial charge on any atom is 0.277 e.